The molecule has 148 valence electrons. The van der Waals surface area contributed by atoms with E-state index < -0.39 is 0 Å². The third-order valence-corrected chi connectivity index (χ3v) is 6.26. The Morgan fingerprint density at radius 3 is 2.07 bits per heavy atom. The molecule has 0 heteroatoms. The minimum Gasteiger partial charge on any atom is -0.0839 e. The number of rotatable bonds is 6. The minimum absolute atomic E-state index is 1.18. The van der Waals surface area contributed by atoms with Crippen molar-refractivity contribution >= 4 is 49.2 Å². The molecule has 0 fully saturated rings. The average molecular weight is 389 g/mol. The number of fused-ring (bicyclic) bond motifs is 6. The van der Waals surface area contributed by atoms with E-state index in [-0.39, 0.29) is 0 Å². The van der Waals surface area contributed by atoms with Gasteiger partial charge in [0.15, 0.2) is 0 Å². The van der Waals surface area contributed by atoms with Gasteiger partial charge in [0.2, 0.25) is 0 Å². The topological polar surface area (TPSA) is 0 Å². The minimum atomic E-state index is 1.18. The third-order valence-electron chi connectivity index (χ3n) is 6.26. The Morgan fingerprint density at radius 2 is 1.27 bits per heavy atom. The molecule has 0 atom stereocenters. The second-order valence-corrected chi connectivity index (χ2v) is 8.38. The zero-order chi connectivity index (χ0) is 20.3. The van der Waals surface area contributed by atoms with E-state index in [4.69, 9.17) is 0 Å². The molecule has 0 bridgehead atoms. The summed E-state index contributed by atoms with van der Waals surface area (Å²) in [5.41, 5.74) is 1.30. The number of benzene rings is 5. The van der Waals surface area contributed by atoms with Gasteiger partial charge in [-0.2, -0.15) is 0 Å². The van der Waals surface area contributed by atoms with Crippen LogP contribution in [0.4, 0.5) is 0 Å². The van der Waals surface area contributed by atoms with Gasteiger partial charge >= 0.3 is 0 Å². The highest BCUT2D eigenvalue weighted by Crippen LogP contribution is 2.34. The average Bonchev–Trinajstić information content (AvgIpc) is 2.79. The first-order valence-electron chi connectivity index (χ1n) is 11.3. The molecule has 5 rings (SSSR count). The summed E-state index contributed by atoms with van der Waals surface area (Å²) in [4.78, 5) is 0. The van der Waals surface area contributed by atoms with Crippen LogP contribution in [0.1, 0.15) is 44.6 Å². The second kappa shape index (κ2) is 8.32. The van der Waals surface area contributed by atoms with Crippen LogP contribution in [-0.4, -0.2) is 0 Å². The Morgan fingerprint density at radius 1 is 0.567 bits per heavy atom. The Labute approximate surface area is 178 Å². The maximum absolute atomic E-state index is 2.34. The summed E-state index contributed by atoms with van der Waals surface area (Å²) in [6.45, 7) is 2.26. The summed E-state index contributed by atoms with van der Waals surface area (Å²) in [7, 11) is 0. The van der Waals surface area contributed by atoms with E-state index in [1.54, 1.807) is 0 Å². The van der Waals surface area contributed by atoms with Crippen LogP contribution < -0.4 is 0 Å². The molecular formula is C30H28. The van der Waals surface area contributed by atoms with Crippen LogP contribution >= 0.6 is 0 Å². The molecule has 0 spiro atoms. The van der Waals surface area contributed by atoms with Crippen LogP contribution in [0, 0.1) is 0 Å². The van der Waals surface area contributed by atoms with Gasteiger partial charge in [-0.25, -0.2) is 0 Å². The summed E-state index contributed by atoms with van der Waals surface area (Å²) in [6, 6.07) is 29.3. The van der Waals surface area contributed by atoms with Gasteiger partial charge in [0.1, 0.15) is 0 Å². The van der Waals surface area contributed by atoms with Crippen LogP contribution in [0.15, 0.2) is 84.9 Å². The van der Waals surface area contributed by atoms with Crippen molar-refractivity contribution in [3.63, 3.8) is 0 Å². The fraction of sp³-hybridized carbons (Fsp3) is 0.200. The predicted molar refractivity (Wildman–Crippen MR) is 134 cm³/mol. The van der Waals surface area contributed by atoms with E-state index in [9.17, 15) is 0 Å². The largest absolute Gasteiger partial charge is 0.0839 e. The van der Waals surface area contributed by atoms with Gasteiger partial charge in [0.05, 0.1) is 0 Å². The molecule has 0 aliphatic carbocycles. The summed E-state index contributed by atoms with van der Waals surface area (Å²) in [6.07, 6.45) is 11.1. The van der Waals surface area contributed by atoms with E-state index in [2.05, 4.69) is 97.9 Å². The van der Waals surface area contributed by atoms with E-state index in [0.29, 0.717) is 0 Å². The van der Waals surface area contributed by atoms with E-state index >= 15 is 0 Å². The molecule has 0 saturated carbocycles. The van der Waals surface area contributed by atoms with Crippen molar-refractivity contribution in [3.05, 3.63) is 90.5 Å². The Kier molecular flexibility index (Phi) is 5.24. The number of hydrogen-bond acceptors (Lipinski definition) is 0. The molecule has 0 aliphatic heterocycles. The van der Waals surface area contributed by atoms with Crippen molar-refractivity contribution in [2.75, 3.05) is 0 Å². The van der Waals surface area contributed by atoms with Gasteiger partial charge in [0.25, 0.3) is 0 Å². The van der Waals surface area contributed by atoms with Crippen LogP contribution in [0.2, 0.25) is 0 Å². The molecule has 0 heterocycles. The Balaban J connectivity index is 1.53. The molecular weight excluding hydrogens is 360 g/mol. The van der Waals surface area contributed by atoms with Crippen molar-refractivity contribution in [2.24, 2.45) is 0 Å². The van der Waals surface area contributed by atoms with Crippen LogP contribution in [0.5, 0.6) is 0 Å². The van der Waals surface area contributed by atoms with Gasteiger partial charge in [-0.1, -0.05) is 99.0 Å². The Bertz CT molecular complexity index is 1370. The Hall–Kier alpha value is -3.12. The van der Waals surface area contributed by atoms with Gasteiger partial charge in [-0.05, 0) is 79.7 Å². The first-order valence-corrected chi connectivity index (χ1v) is 11.3. The van der Waals surface area contributed by atoms with Crippen molar-refractivity contribution in [1.82, 2.24) is 0 Å². The standard InChI is InChI=1S/C30H28/c1-2-3-4-5-6-7-10-22-13-16-27-25(19-22)14-18-29-28(27)17-15-26-20-23-11-8-9-12-24(23)21-30(26)29/h7-21H,2-6H2,1H3/b10-7+. The highest BCUT2D eigenvalue weighted by atomic mass is 14.1. The van der Waals surface area contributed by atoms with E-state index in [1.165, 1.54) is 80.8 Å². The lowest BCUT2D eigenvalue weighted by atomic mass is 9.94. The van der Waals surface area contributed by atoms with Gasteiger partial charge < -0.3 is 0 Å². The maximum atomic E-state index is 2.34. The fourth-order valence-corrected chi connectivity index (χ4v) is 4.60. The van der Waals surface area contributed by atoms with Crippen LogP contribution in [0.3, 0.4) is 0 Å². The van der Waals surface area contributed by atoms with E-state index in [1.807, 2.05) is 0 Å². The summed E-state index contributed by atoms with van der Waals surface area (Å²) < 4.78 is 0. The maximum Gasteiger partial charge on any atom is -0.00987 e. The molecule has 0 aromatic heterocycles. The van der Waals surface area contributed by atoms with Crippen LogP contribution in [-0.2, 0) is 0 Å². The zero-order valence-electron chi connectivity index (χ0n) is 17.7. The molecule has 5 aromatic carbocycles. The lowest BCUT2D eigenvalue weighted by molar-refractivity contribution is 0.675. The summed E-state index contributed by atoms with van der Waals surface area (Å²) >= 11 is 0. The summed E-state index contributed by atoms with van der Waals surface area (Å²) in [5, 5.41) is 10.6. The van der Waals surface area contributed by atoms with Crippen molar-refractivity contribution < 1.29 is 0 Å². The molecule has 0 saturated heterocycles. The highest BCUT2D eigenvalue weighted by molar-refractivity contribution is 6.19. The zero-order valence-corrected chi connectivity index (χ0v) is 17.7. The molecule has 30 heavy (non-hydrogen) atoms. The molecule has 5 aromatic rings. The SMILES string of the molecule is CCCCCC/C=C/c1ccc2c(ccc3c4cc5ccccc5cc4ccc23)c1. The molecule has 0 radical (unpaired) electrons. The fourth-order valence-electron chi connectivity index (χ4n) is 4.60. The normalized spacial score (nSPS) is 12.0. The molecule has 0 aliphatic rings. The van der Waals surface area contributed by atoms with Crippen molar-refractivity contribution in [2.45, 2.75) is 39.0 Å². The van der Waals surface area contributed by atoms with E-state index in [0.717, 1.165) is 0 Å². The lowest BCUT2D eigenvalue weighted by Gasteiger charge is -2.10. The van der Waals surface area contributed by atoms with Gasteiger partial charge in [0, 0.05) is 0 Å². The highest BCUT2D eigenvalue weighted by Gasteiger charge is 2.06. The second-order valence-electron chi connectivity index (χ2n) is 8.38. The summed E-state index contributed by atoms with van der Waals surface area (Å²) in [5.74, 6) is 0. The first kappa shape index (κ1) is 18.9. The van der Waals surface area contributed by atoms with Crippen molar-refractivity contribution in [1.29, 1.82) is 0 Å². The number of unbranched alkanes of at least 4 members (excludes halogenated alkanes) is 4. The molecule has 0 unspecified atom stereocenters. The van der Waals surface area contributed by atoms with Crippen molar-refractivity contribution in [3.8, 4) is 0 Å². The smallest absolute Gasteiger partial charge is 0.00987 e. The monoisotopic (exact) mass is 388 g/mol. The number of hydrogen-bond donors (Lipinski definition) is 0. The predicted octanol–water partition coefficient (Wildman–Crippen LogP) is 9.28. The quantitative estimate of drug-likeness (QED) is 0.154. The molecule has 0 nitrogen and oxygen atoms in total. The lowest BCUT2D eigenvalue weighted by Crippen LogP contribution is -1.83. The molecule has 0 N–H and O–H groups in total. The van der Waals surface area contributed by atoms with Gasteiger partial charge in [-0.3, -0.25) is 0 Å². The van der Waals surface area contributed by atoms with Gasteiger partial charge in [-0.15, -0.1) is 0 Å². The van der Waals surface area contributed by atoms with Crippen LogP contribution in [0.25, 0.3) is 49.2 Å². The first-order chi connectivity index (χ1) is 14.8. The molecule has 0 amide bonds. The number of allylic oxidation sites excluding steroid dienone is 1. The third kappa shape index (κ3) is 3.59.